The number of sulfonamides is 1. The Labute approximate surface area is 196 Å². The highest BCUT2D eigenvalue weighted by Crippen LogP contribution is 2.21. The Hall–Kier alpha value is -2.97. The van der Waals surface area contributed by atoms with Gasteiger partial charge >= 0.3 is 5.97 Å². The van der Waals surface area contributed by atoms with Crippen LogP contribution in [-0.2, 0) is 52.5 Å². The van der Waals surface area contributed by atoms with Crippen molar-refractivity contribution >= 4 is 16.0 Å². The minimum absolute atomic E-state index is 0.00952. The molecule has 0 spiro atoms. The molecule has 0 saturated carbocycles. The van der Waals surface area contributed by atoms with Crippen LogP contribution in [0.1, 0.15) is 42.0 Å². The standard InChI is InChI=1S/C25H31N3O4S/c1-4-5-7-20-10-12-21(13-11-20)16-28(33(30,31)24-18-27(2)19-26-24)17-23-9-6-8-22(14-23)15-25(29)32-3/h6,8-14,18-19H,4-5,7,15-17H2,1-3H3. The van der Waals surface area contributed by atoms with Crippen molar-refractivity contribution in [3.8, 4) is 0 Å². The molecule has 7 nitrogen and oxygen atoms in total. The van der Waals surface area contributed by atoms with Gasteiger partial charge < -0.3 is 9.30 Å². The zero-order valence-electron chi connectivity index (χ0n) is 19.4. The highest BCUT2D eigenvalue weighted by Gasteiger charge is 2.27. The minimum atomic E-state index is -3.83. The normalized spacial score (nSPS) is 11.6. The van der Waals surface area contributed by atoms with Crippen LogP contribution in [0.15, 0.2) is 66.1 Å². The van der Waals surface area contributed by atoms with Gasteiger partial charge in [-0.15, -0.1) is 0 Å². The first-order chi connectivity index (χ1) is 15.8. The summed E-state index contributed by atoms with van der Waals surface area (Å²) in [5.41, 5.74) is 3.71. The maximum Gasteiger partial charge on any atom is 0.309 e. The van der Waals surface area contributed by atoms with Gasteiger partial charge in [-0.3, -0.25) is 4.79 Å². The summed E-state index contributed by atoms with van der Waals surface area (Å²) in [4.78, 5) is 15.7. The molecule has 0 aliphatic rings. The third-order valence-electron chi connectivity index (χ3n) is 5.41. The van der Waals surface area contributed by atoms with Gasteiger partial charge in [0.05, 0.1) is 19.9 Å². The quantitative estimate of drug-likeness (QED) is 0.398. The van der Waals surface area contributed by atoms with E-state index in [0.29, 0.717) is 0 Å². The van der Waals surface area contributed by atoms with Gasteiger partial charge in [0.15, 0.2) is 5.03 Å². The summed E-state index contributed by atoms with van der Waals surface area (Å²) in [7, 11) is -0.746. The average Bonchev–Trinajstić information content (AvgIpc) is 3.25. The van der Waals surface area contributed by atoms with E-state index in [1.54, 1.807) is 11.6 Å². The first kappa shape index (κ1) is 24.7. The molecule has 33 heavy (non-hydrogen) atoms. The highest BCUT2D eigenvalue weighted by molar-refractivity contribution is 7.89. The zero-order valence-corrected chi connectivity index (χ0v) is 20.2. The largest absolute Gasteiger partial charge is 0.469 e. The summed E-state index contributed by atoms with van der Waals surface area (Å²) in [6.45, 7) is 2.54. The maximum absolute atomic E-state index is 13.4. The lowest BCUT2D eigenvalue weighted by Crippen LogP contribution is -2.30. The van der Waals surface area contributed by atoms with Gasteiger partial charge in [-0.25, -0.2) is 13.4 Å². The van der Waals surface area contributed by atoms with E-state index in [9.17, 15) is 13.2 Å². The van der Waals surface area contributed by atoms with Crippen LogP contribution >= 0.6 is 0 Å². The number of aromatic nitrogens is 2. The van der Waals surface area contributed by atoms with Crippen molar-refractivity contribution in [2.24, 2.45) is 7.05 Å². The zero-order chi connectivity index (χ0) is 23.8. The van der Waals surface area contributed by atoms with E-state index in [2.05, 4.69) is 24.0 Å². The molecule has 1 heterocycles. The topological polar surface area (TPSA) is 81.5 Å². The number of unbranched alkanes of at least 4 members (excludes halogenated alkanes) is 1. The molecule has 0 bridgehead atoms. The molecule has 0 N–H and O–H groups in total. The number of benzene rings is 2. The third-order valence-corrected chi connectivity index (χ3v) is 7.09. The Morgan fingerprint density at radius 2 is 1.70 bits per heavy atom. The minimum Gasteiger partial charge on any atom is -0.469 e. The molecule has 0 aliphatic heterocycles. The number of aryl methyl sites for hydroxylation is 2. The summed E-state index contributed by atoms with van der Waals surface area (Å²) in [6, 6.07) is 15.4. The van der Waals surface area contributed by atoms with Crippen LogP contribution in [0.2, 0.25) is 0 Å². The van der Waals surface area contributed by atoms with E-state index in [1.165, 1.54) is 29.5 Å². The lowest BCUT2D eigenvalue weighted by atomic mass is 10.1. The summed E-state index contributed by atoms with van der Waals surface area (Å²) in [5.74, 6) is -0.340. The lowest BCUT2D eigenvalue weighted by molar-refractivity contribution is -0.139. The van der Waals surface area contributed by atoms with Crippen molar-refractivity contribution in [2.45, 2.75) is 50.7 Å². The Bertz CT molecular complexity index is 1170. The number of methoxy groups -OCH3 is 1. The molecule has 0 amide bonds. The van der Waals surface area contributed by atoms with Gasteiger partial charge in [-0.1, -0.05) is 61.9 Å². The Morgan fingerprint density at radius 3 is 2.33 bits per heavy atom. The van der Waals surface area contributed by atoms with E-state index < -0.39 is 10.0 Å². The van der Waals surface area contributed by atoms with Gasteiger partial charge in [0.2, 0.25) is 0 Å². The number of hydrogen-bond acceptors (Lipinski definition) is 5. The van der Waals surface area contributed by atoms with Gasteiger partial charge in [0, 0.05) is 26.3 Å². The summed E-state index contributed by atoms with van der Waals surface area (Å²) in [6.07, 6.45) is 6.39. The van der Waals surface area contributed by atoms with E-state index in [-0.39, 0.29) is 30.5 Å². The molecule has 3 rings (SSSR count). The number of ether oxygens (including phenoxy) is 1. The van der Waals surface area contributed by atoms with Crippen molar-refractivity contribution in [3.63, 3.8) is 0 Å². The first-order valence-electron chi connectivity index (χ1n) is 11.0. The number of carbonyl (C=O) groups excluding carboxylic acids is 1. The number of imidazole rings is 1. The van der Waals surface area contributed by atoms with Crippen LogP contribution in [-0.4, -0.2) is 35.4 Å². The number of rotatable bonds is 11. The fourth-order valence-electron chi connectivity index (χ4n) is 3.56. The van der Waals surface area contributed by atoms with Gasteiger partial charge in [-0.2, -0.15) is 4.31 Å². The lowest BCUT2D eigenvalue weighted by Gasteiger charge is -2.22. The molecule has 8 heteroatoms. The number of esters is 1. The number of hydrogen-bond donors (Lipinski definition) is 0. The number of nitrogens with zero attached hydrogens (tertiary/aromatic N) is 3. The molecule has 0 radical (unpaired) electrons. The van der Waals surface area contributed by atoms with Crippen LogP contribution in [0.4, 0.5) is 0 Å². The van der Waals surface area contributed by atoms with Crippen molar-refractivity contribution in [3.05, 3.63) is 83.3 Å². The van der Waals surface area contributed by atoms with Crippen LogP contribution in [0.3, 0.4) is 0 Å². The fourth-order valence-corrected chi connectivity index (χ4v) is 4.94. The highest BCUT2D eigenvalue weighted by atomic mass is 32.2. The smallest absolute Gasteiger partial charge is 0.309 e. The SMILES string of the molecule is CCCCc1ccc(CN(Cc2cccc(CC(=O)OC)c2)S(=O)(=O)c2cn(C)cn2)cc1. The molecule has 1 aromatic heterocycles. The Morgan fingerprint density at radius 1 is 1.03 bits per heavy atom. The second-order valence-electron chi connectivity index (χ2n) is 8.14. The second-order valence-corrected chi connectivity index (χ2v) is 10.0. The average molecular weight is 470 g/mol. The molecule has 0 saturated heterocycles. The van der Waals surface area contributed by atoms with E-state index >= 15 is 0 Å². The van der Waals surface area contributed by atoms with E-state index in [1.807, 2.05) is 36.4 Å². The van der Waals surface area contributed by atoms with Crippen LogP contribution in [0.5, 0.6) is 0 Å². The molecule has 0 atom stereocenters. The van der Waals surface area contributed by atoms with Crippen LogP contribution in [0, 0.1) is 0 Å². The molecular formula is C25H31N3O4S. The fraction of sp³-hybridized carbons (Fsp3) is 0.360. The summed E-state index contributed by atoms with van der Waals surface area (Å²) >= 11 is 0. The molecule has 0 aliphatic carbocycles. The van der Waals surface area contributed by atoms with Gasteiger partial charge in [-0.05, 0) is 35.1 Å². The predicted molar refractivity (Wildman–Crippen MR) is 127 cm³/mol. The van der Waals surface area contributed by atoms with Crippen molar-refractivity contribution in [1.82, 2.24) is 13.9 Å². The molecule has 0 fully saturated rings. The summed E-state index contributed by atoms with van der Waals surface area (Å²) < 4.78 is 34.7. The van der Waals surface area contributed by atoms with Crippen molar-refractivity contribution in [1.29, 1.82) is 0 Å². The van der Waals surface area contributed by atoms with E-state index in [4.69, 9.17) is 4.74 Å². The number of carbonyl (C=O) groups is 1. The third kappa shape index (κ3) is 6.76. The molecule has 2 aromatic carbocycles. The molecule has 3 aromatic rings. The van der Waals surface area contributed by atoms with Crippen LogP contribution < -0.4 is 0 Å². The van der Waals surface area contributed by atoms with Gasteiger partial charge in [0.25, 0.3) is 10.0 Å². The Balaban J connectivity index is 1.88. The molecule has 0 unspecified atom stereocenters. The monoisotopic (exact) mass is 469 g/mol. The molecule has 176 valence electrons. The van der Waals surface area contributed by atoms with E-state index in [0.717, 1.165) is 36.0 Å². The first-order valence-corrected chi connectivity index (χ1v) is 12.5. The Kier molecular flexibility index (Phi) is 8.41. The molecular weight excluding hydrogens is 438 g/mol. The second kappa shape index (κ2) is 11.2. The maximum atomic E-state index is 13.4. The van der Waals surface area contributed by atoms with Crippen LogP contribution in [0.25, 0.3) is 0 Å². The van der Waals surface area contributed by atoms with Crippen molar-refractivity contribution in [2.75, 3.05) is 7.11 Å². The van der Waals surface area contributed by atoms with Gasteiger partial charge in [0.1, 0.15) is 0 Å². The van der Waals surface area contributed by atoms with Crippen molar-refractivity contribution < 1.29 is 17.9 Å². The summed E-state index contributed by atoms with van der Waals surface area (Å²) in [5, 5.41) is 0.00952. The predicted octanol–water partition coefficient (Wildman–Crippen LogP) is 3.87.